The number of carbonyl (C=O) groups excluding carboxylic acids is 1. The number of carbonyl (C=O) groups is 1. The van der Waals surface area contributed by atoms with Crippen LogP contribution in [0.15, 0.2) is 36.7 Å². The minimum absolute atomic E-state index is 0.0667. The maximum absolute atomic E-state index is 11.8. The van der Waals surface area contributed by atoms with Crippen LogP contribution < -0.4 is 5.32 Å². The van der Waals surface area contributed by atoms with E-state index in [4.69, 9.17) is 0 Å². The molecule has 6 nitrogen and oxygen atoms in total. The van der Waals surface area contributed by atoms with Crippen LogP contribution in [0.3, 0.4) is 0 Å². The van der Waals surface area contributed by atoms with E-state index in [0.717, 1.165) is 0 Å². The van der Waals surface area contributed by atoms with Gasteiger partial charge in [0.15, 0.2) is 5.69 Å². The van der Waals surface area contributed by atoms with E-state index in [-0.39, 0.29) is 11.3 Å². The molecule has 0 fully saturated rings. The summed E-state index contributed by atoms with van der Waals surface area (Å²) >= 11 is 0. The largest absolute Gasteiger partial charge is 0.368 e. The van der Waals surface area contributed by atoms with Gasteiger partial charge in [0.2, 0.25) is 0 Å². The Bertz CT molecular complexity index is 623. The first kappa shape index (κ1) is 15.9. The van der Waals surface area contributed by atoms with Crippen molar-refractivity contribution in [2.45, 2.75) is 19.3 Å². The van der Waals surface area contributed by atoms with E-state index in [1.165, 1.54) is 10.5 Å². The number of hydrogen-bond acceptors (Lipinski definition) is 5. The molecule has 0 aliphatic rings. The number of pyridine rings is 1. The van der Waals surface area contributed by atoms with Crippen molar-refractivity contribution in [2.75, 3.05) is 26.0 Å². The Balaban J connectivity index is 2.01. The van der Waals surface area contributed by atoms with Crippen molar-refractivity contribution in [1.29, 1.82) is 0 Å². The first-order chi connectivity index (χ1) is 10.4. The van der Waals surface area contributed by atoms with Gasteiger partial charge in [0, 0.05) is 38.4 Å². The fourth-order valence-electron chi connectivity index (χ4n) is 1.99. The summed E-state index contributed by atoms with van der Waals surface area (Å²) in [5.41, 5.74) is 1.47. The van der Waals surface area contributed by atoms with Gasteiger partial charge in [-0.15, -0.1) is 10.2 Å². The zero-order valence-electron chi connectivity index (χ0n) is 13.4. The normalized spacial score (nSPS) is 11.1. The summed E-state index contributed by atoms with van der Waals surface area (Å²) < 4.78 is 0. The van der Waals surface area contributed by atoms with Gasteiger partial charge in [-0.3, -0.25) is 9.78 Å². The molecule has 0 saturated heterocycles. The number of anilines is 1. The fraction of sp³-hybridized carbons (Fsp3) is 0.375. The number of rotatable bonds is 5. The summed E-state index contributed by atoms with van der Waals surface area (Å²) in [5.74, 6) is 0.494. The maximum Gasteiger partial charge on any atom is 0.273 e. The highest BCUT2D eigenvalue weighted by Crippen LogP contribution is 2.22. The second-order valence-corrected chi connectivity index (χ2v) is 5.98. The van der Waals surface area contributed by atoms with Gasteiger partial charge in [0.25, 0.3) is 5.91 Å². The Hall–Kier alpha value is -2.50. The number of hydrogen-bond donors (Lipinski definition) is 1. The highest BCUT2D eigenvalue weighted by Gasteiger charge is 2.20. The van der Waals surface area contributed by atoms with Gasteiger partial charge in [-0.1, -0.05) is 13.8 Å². The number of nitrogens with zero attached hydrogens (tertiary/aromatic N) is 4. The third-order valence-electron chi connectivity index (χ3n) is 3.46. The van der Waals surface area contributed by atoms with E-state index in [0.29, 0.717) is 18.1 Å². The van der Waals surface area contributed by atoms with Crippen LogP contribution in [0.2, 0.25) is 0 Å². The van der Waals surface area contributed by atoms with Crippen molar-refractivity contribution in [2.24, 2.45) is 0 Å². The predicted octanol–water partition coefficient (Wildman–Crippen LogP) is 1.96. The van der Waals surface area contributed by atoms with Crippen LogP contribution in [-0.2, 0) is 5.41 Å². The molecular formula is C16H21N5O. The molecule has 0 saturated carbocycles. The zero-order valence-corrected chi connectivity index (χ0v) is 13.4. The molecule has 22 heavy (non-hydrogen) atoms. The highest BCUT2D eigenvalue weighted by atomic mass is 16.2. The smallest absolute Gasteiger partial charge is 0.273 e. The van der Waals surface area contributed by atoms with Gasteiger partial charge in [-0.05, 0) is 29.8 Å². The van der Waals surface area contributed by atoms with Crippen molar-refractivity contribution in [3.63, 3.8) is 0 Å². The Morgan fingerprint density at radius 3 is 2.36 bits per heavy atom. The van der Waals surface area contributed by atoms with E-state index in [2.05, 4.69) is 34.3 Å². The molecule has 1 N–H and O–H groups in total. The van der Waals surface area contributed by atoms with Crippen LogP contribution >= 0.6 is 0 Å². The monoisotopic (exact) mass is 299 g/mol. The van der Waals surface area contributed by atoms with Crippen molar-refractivity contribution in [1.82, 2.24) is 20.1 Å². The Morgan fingerprint density at radius 1 is 1.14 bits per heavy atom. The number of nitrogens with one attached hydrogen (secondary N) is 1. The summed E-state index contributed by atoms with van der Waals surface area (Å²) in [4.78, 5) is 17.3. The molecule has 0 aromatic carbocycles. The minimum Gasteiger partial charge on any atom is -0.368 e. The lowest BCUT2D eigenvalue weighted by molar-refractivity contribution is 0.0821. The van der Waals surface area contributed by atoms with E-state index in [9.17, 15) is 4.79 Å². The van der Waals surface area contributed by atoms with E-state index < -0.39 is 0 Å². The molecule has 0 atom stereocenters. The average molecular weight is 299 g/mol. The fourth-order valence-corrected chi connectivity index (χ4v) is 1.99. The van der Waals surface area contributed by atoms with Crippen LogP contribution in [0.25, 0.3) is 0 Å². The molecule has 1 amide bonds. The van der Waals surface area contributed by atoms with Crippen molar-refractivity contribution < 1.29 is 4.79 Å². The molecule has 2 aromatic heterocycles. The van der Waals surface area contributed by atoms with Gasteiger partial charge in [0.05, 0.1) is 0 Å². The molecule has 0 spiro atoms. The third kappa shape index (κ3) is 3.78. The van der Waals surface area contributed by atoms with Crippen molar-refractivity contribution in [3.05, 3.63) is 47.9 Å². The SMILES string of the molecule is CN(C)C(=O)c1ccc(NCC(C)(C)c2ccncc2)nn1. The quantitative estimate of drug-likeness (QED) is 0.914. The third-order valence-corrected chi connectivity index (χ3v) is 3.46. The lowest BCUT2D eigenvalue weighted by atomic mass is 9.85. The molecule has 116 valence electrons. The van der Waals surface area contributed by atoms with Crippen LogP contribution in [0.4, 0.5) is 5.82 Å². The Morgan fingerprint density at radius 2 is 1.82 bits per heavy atom. The highest BCUT2D eigenvalue weighted by molar-refractivity contribution is 5.91. The molecule has 6 heteroatoms. The Kier molecular flexibility index (Phi) is 4.70. The van der Waals surface area contributed by atoms with Crippen LogP contribution in [0, 0.1) is 0 Å². The summed E-state index contributed by atoms with van der Waals surface area (Å²) in [6.45, 7) is 4.99. The van der Waals surface area contributed by atoms with Gasteiger partial charge in [-0.25, -0.2) is 0 Å². The molecule has 0 aliphatic heterocycles. The first-order valence-electron chi connectivity index (χ1n) is 7.10. The Labute approximate surface area is 130 Å². The molecule has 2 aromatic rings. The lowest BCUT2D eigenvalue weighted by Crippen LogP contribution is -2.28. The van der Waals surface area contributed by atoms with E-state index in [1.54, 1.807) is 38.6 Å². The van der Waals surface area contributed by atoms with Gasteiger partial charge in [0.1, 0.15) is 5.82 Å². The topological polar surface area (TPSA) is 71.0 Å². The van der Waals surface area contributed by atoms with Gasteiger partial charge < -0.3 is 10.2 Å². The summed E-state index contributed by atoms with van der Waals surface area (Å²) in [7, 11) is 3.38. The van der Waals surface area contributed by atoms with Crippen molar-refractivity contribution in [3.8, 4) is 0 Å². The first-order valence-corrected chi connectivity index (χ1v) is 7.10. The molecular weight excluding hydrogens is 278 g/mol. The van der Waals surface area contributed by atoms with Crippen LogP contribution in [0.1, 0.15) is 29.9 Å². The van der Waals surface area contributed by atoms with Gasteiger partial charge in [-0.2, -0.15) is 0 Å². The summed E-state index contributed by atoms with van der Waals surface area (Å²) in [5, 5.41) is 11.3. The van der Waals surface area contributed by atoms with Crippen LogP contribution in [0.5, 0.6) is 0 Å². The molecule has 0 bridgehead atoms. The zero-order chi connectivity index (χ0) is 16.2. The van der Waals surface area contributed by atoms with Crippen LogP contribution in [-0.4, -0.2) is 46.6 Å². The number of aromatic nitrogens is 3. The second kappa shape index (κ2) is 6.51. The standard InChI is InChI=1S/C16H21N5O/c1-16(2,12-7-9-17-10-8-12)11-18-14-6-5-13(19-20-14)15(22)21(3)4/h5-10H,11H2,1-4H3,(H,18,20). The number of amides is 1. The average Bonchev–Trinajstić information content (AvgIpc) is 2.53. The molecule has 0 aliphatic carbocycles. The molecule has 0 radical (unpaired) electrons. The van der Waals surface area contributed by atoms with E-state index >= 15 is 0 Å². The van der Waals surface area contributed by atoms with Gasteiger partial charge >= 0.3 is 0 Å². The van der Waals surface area contributed by atoms with E-state index in [1.807, 2.05) is 12.1 Å². The predicted molar refractivity (Wildman–Crippen MR) is 85.8 cm³/mol. The molecule has 0 unspecified atom stereocenters. The second-order valence-electron chi connectivity index (χ2n) is 5.98. The lowest BCUT2D eigenvalue weighted by Gasteiger charge is -2.25. The maximum atomic E-state index is 11.8. The minimum atomic E-state index is -0.156. The van der Waals surface area contributed by atoms with Crippen molar-refractivity contribution >= 4 is 11.7 Å². The molecule has 2 rings (SSSR count). The molecule has 2 heterocycles. The summed E-state index contributed by atoms with van der Waals surface area (Å²) in [6.07, 6.45) is 3.58. The summed E-state index contributed by atoms with van der Waals surface area (Å²) in [6, 6.07) is 7.46.